The SMILES string of the molecule is O=C1CCC(c2ccc(OC3CCNCC3)cc2F)N(OC(=O)C(F)(F)F)N1. The molecule has 3 rings (SSSR count). The molecule has 1 atom stereocenters. The fourth-order valence-corrected chi connectivity index (χ4v) is 3.11. The van der Waals surface area contributed by atoms with Gasteiger partial charge in [0, 0.05) is 18.1 Å². The summed E-state index contributed by atoms with van der Waals surface area (Å²) in [6.07, 6.45) is -3.83. The van der Waals surface area contributed by atoms with E-state index in [4.69, 9.17) is 4.74 Å². The highest BCUT2D eigenvalue weighted by atomic mass is 19.4. The molecule has 2 aliphatic heterocycles. The van der Waals surface area contributed by atoms with Crippen LogP contribution >= 0.6 is 0 Å². The first kappa shape index (κ1) is 20.3. The highest BCUT2D eigenvalue weighted by Crippen LogP contribution is 2.33. The molecule has 0 bridgehead atoms. The lowest BCUT2D eigenvalue weighted by molar-refractivity contribution is -0.263. The Morgan fingerprint density at radius 2 is 1.89 bits per heavy atom. The van der Waals surface area contributed by atoms with Crippen molar-refractivity contribution in [3.63, 3.8) is 0 Å². The summed E-state index contributed by atoms with van der Waals surface area (Å²) < 4.78 is 57.8. The molecule has 1 amide bonds. The minimum Gasteiger partial charge on any atom is -0.490 e. The predicted molar refractivity (Wildman–Crippen MR) is 87.0 cm³/mol. The Balaban J connectivity index is 1.75. The lowest BCUT2D eigenvalue weighted by Gasteiger charge is -2.34. The van der Waals surface area contributed by atoms with Crippen LogP contribution in [0.15, 0.2) is 18.2 Å². The molecule has 28 heavy (non-hydrogen) atoms. The molecule has 1 aromatic rings. The largest absolute Gasteiger partial charge is 0.492 e. The van der Waals surface area contributed by atoms with E-state index in [1.807, 2.05) is 5.43 Å². The standard InChI is InChI=1S/C17H19F4N3O4/c18-13-9-11(27-10-5-7-22-8-6-10)1-2-12(13)14-3-4-15(25)23-24(14)28-16(26)17(19,20)21/h1-2,9-10,14,22H,3-8H2,(H,23,25). The van der Waals surface area contributed by atoms with E-state index in [-0.39, 0.29) is 24.5 Å². The smallest absolute Gasteiger partial charge is 0.490 e. The van der Waals surface area contributed by atoms with Crippen LogP contribution in [-0.4, -0.2) is 42.4 Å². The summed E-state index contributed by atoms with van der Waals surface area (Å²) in [6.45, 7) is 1.60. The Labute approximate surface area is 157 Å². The zero-order valence-corrected chi connectivity index (χ0v) is 14.7. The average molecular weight is 405 g/mol. The molecule has 2 saturated heterocycles. The summed E-state index contributed by atoms with van der Waals surface area (Å²) in [5.41, 5.74) is 2.00. The van der Waals surface area contributed by atoms with Crippen LogP contribution in [0.25, 0.3) is 0 Å². The molecular weight excluding hydrogens is 386 g/mol. The van der Waals surface area contributed by atoms with Gasteiger partial charge in [0.05, 0.1) is 6.04 Å². The third-order valence-electron chi connectivity index (χ3n) is 4.50. The number of hydrogen-bond donors (Lipinski definition) is 2. The molecule has 2 fully saturated rings. The van der Waals surface area contributed by atoms with Crippen LogP contribution in [0, 0.1) is 5.82 Å². The van der Waals surface area contributed by atoms with Crippen molar-refractivity contribution in [1.82, 2.24) is 15.9 Å². The van der Waals surface area contributed by atoms with Crippen molar-refractivity contribution < 1.29 is 36.7 Å². The van der Waals surface area contributed by atoms with Crippen molar-refractivity contribution in [3.05, 3.63) is 29.6 Å². The zero-order chi connectivity index (χ0) is 20.3. The number of hydroxylamine groups is 1. The van der Waals surface area contributed by atoms with E-state index in [2.05, 4.69) is 10.2 Å². The van der Waals surface area contributed by atoms with Gasteiger partial charge in [-0.25, -0.2) is 9.18 Å². The third kappa shape index (κ3) is 4.90. The average Bonchev–Trinajstić information content (AvgIpc) is 2.63. The fourth-order valence-electron chi connectivity index (χ4n) is 3.11. The Morgan fingerprint density at radius 1 is 1.18 bits per heavy atom. The van der Waals surface area contributed by atoms with Crippen LogP contribution in [0.5, 0.6) is 5.75 Å². The van der Waals surface area contributed by atoms with Gasteiger partial charge in [-0.2, -0.15) is 13.2 Å². The summed E-state index contributed by atoms with van der Waals surface area (Å²) in [7, 11) is 0. The molecule has 0 aliphatic carbocycles. The monoisotopic (exact) mass is 405 g/mol. The van der Waals surface area contributed by atoms with Crippen LogP contribution in [0.4, 0.5) is 17.6 Å². The Hall–Kier alpha value is -2.40. The van der Waals surface area contributed by atoms with Crippen molar-refractivity contribution in [1.29, 1.82) is 0 Å². The van der Waals surface area contributed by atoms with Gasteiger partial charge in [-0.1, -0.05) is 6.07 Å². The van der Waals surface area contributed by atoms with Gasteiger partial charge < -0.3 is 14.9 Å². The molecule has 0 aromatic heterocycles. The first-order valence-corrected chi connectivity index (χ1v) is 8.78. The number of rotatable bonds is 4. The van der Waals surface area contributed by atoms with E-state index in [1.165, 1.54) is 12.1 Å². The number of amides is 1. The van der Waals surface area contributed by atoms with E-state index in [0.717, 1.165) is 32.0 Å². The summed E-state index contributed by atoms with van der Waals surface area (Å²) in [5, 5.41) is 3.54. The van der Waals surface area contributed by atoms with Gasteiger partial charge in [-0.3, -0.25) is 10.2 Å². The van der Waals surface area contributed by atoms with Gasteiger partial charge in [0.1, 0.15) is 17.7 Å². The molecule has 2 heterocycles. The number of piperidine rings is 1. The predicted octanol–water partition coefficient (Wildman–Crippen LogP) is 2.15. The quantitative estimate of drug-likeness (QED) is 0.748. The number of ether oxygens (including phenoxy) is 1. The number of halogens is 4. The van der Waals surface area contributed by atoms with Crippen LogP contribution in [-0.2, 0) is 14.4 Å². The lowest BCUT2D eigenvalue weighted by atomic mass is 10.00. The first-order valence-electron chi connectivity index (χ1n) is 8.78. The number of nitrogens with one attached hydrogen (secondary N) is 2. The van der Waals surface area contributed by atoms with Crippen molar-refractivity contribution >= 4 is 11.9 Å². The van der Waals surface area contributed by atoms with Crippen LogP contribution in [0.2, 0.25) is 0 Å². The minimum atomic E-state index is -5.25. The van der Waals surface area contributed by atoms with Crippen molar-refractivity contribution in [2.24, 2.45) is 0 Å². The number of hydrazine groups is 1. The summed E-state index contributed by atoms with van der Waals surface area (Å²) in [4.78, 5) is 26.8. The van der Waals surface area contributed by atoms with Gasteiger partial charge >= 0.3 is 12.1 Å². The molecule has 0 spiro atoms. The van der Waals surface area contributed by atoms with Gasteiger partial charge in [-0.15, -0.1) is 0 Å². The van der Waals surface area contributed by atoms with E-state index >= 15 is 0 Å². The Kier molecular flexibility index (Phi) is 6.04. The van der Waals surface area contributed by atoms with Crippen LogP contribution in [0.1, 0.15) is 37.3 Å². The second-order valence-electron chi connectivity index (χ2n) is 6.54. The number of benzene rings is 1. The molecule has 0 radical (unpaired) electrons. The first-order chi connectivity index (χ1) is 13.2. The fraction of sp³-hybridized carbons (Fsp3) is 0.529. The van der Waals surface area contributed by atoms with Crippen molar-refractivity contribution in [2.45, 2.75) is 44.0 Å². The maximum atomic E-state index is 14.6. The highest BCUT2D eigenvalue weighted by molar-refractivity contribution is 5.77. The third-order valence-corrected chi connectivity index (χ3v) is 4.50. The lowest BCUT2D eigenvalue weighted by Crippen LogP contribution is -2.51. The Bertz CT molecular complexity index is 738. The second-order valence-corrected chi connectivity index (χ2v) is 6.54. The number of carbonyl (C=O) groups is 2. The maximum Gasteiger partial charge on any atom is 0.492 e. The molecule has 2 aliphatic rings. The van der Waals surface area contributed by atoms with Crippen LogP contribution in [0.3, 0.4) is 0 Å². The van der Waals surface area contributed by atoms with Gasteiger partial charge in [-0.05, 0) is 43.6 Å². The van der Waals surface area contributed by atoms with E-state index in [0.29, 0.717) is 10.9 Å². The molecule has 154 valence electrons. The molecular formula is C17H19F4N3O4. The van der Waals surface area contributed by atoms with Crippen molar-refractivity contribution in [2.75, 3.05) is 13.1 Å². The van der Waals surface area contributed by atoms with Crippen LogP contribution < -0.4 is 15.5 Å². The zero-order valence-electron chi connectivity index (χ0n) is 14.7. The van der Waals surface area contributed by atoms with Gasteiger partial charge in [0.25, 0.3) is 0 Å². The summed E-state index contributed by atoms with van der Waals surface area (Å²) in [5.74, 6) is -3.59. The molecule has 11 heteroatoms. The topological polar surface area (TPSA) is 79.9 Å². The van der Waals surface area contributed by atoms with E-state index < -0.39 is 29.9 Å². The van der Waals surface area contributed by atoms with Gasteiger partial charge in [0.2, 0.25) is 5.91 Å². The maximum absolute atomic E-state index is 14.6. The number of nitrogens with zero attached hydrogens (tertiary/aromatic N) is 1. The normalized spacial score (nSPS) is 21.9. The summed E-state index contributed by atoms with van der Waals surface area (Å²) in [6, 6.07) is 2.89. The Morgan fingerprint density at radius 3 is 2.54 bits per heavy atom. The number of hydrogen-bond acceptors (Lipinski definition) is 6. The van der Waals surface area contributed by atoms with Crippen molar-refractivity contribution in [3.8, 4) is 5.75 Å². The molecule has 1 unspecified atom stereocenters. The highest BCUT2D eigenvalue weighted by Gasteiger charge is 2.45. The molecule has 1 aromatic carbocycles. The molecule has 0 saturated carbocycles. The van der Waals surface area contributed by atoms with E-state index in [1.54, 1.807) is 0 Å². The summed E-state index contributed by atoms with van der Waals surface area (Å²) >= 11 is 0. The molecule has 2 N–H and O–H groups in total. The molecule has 7 nitrogen and oxygen atoms in total. The number of alkyl halides is 3. The second kappa shape index (κ2) is 8.31. The van der Waals surface area contributed by atoms with E-state index in [9.17, 15) is 27.2 Å². The van der Waals surface area contributed by atoms with Gasteiger partial charge in [0.15, 0.2) is 0 Å². The number of carbonyl (C=O) groups excluding carboxylic acids is 2. The minimum absolute atomic E-state index is 0.0207.